The molecule has 1 amide bonds. The van der Waals surface area contributed by atoms with Crippen LogP contribution in [0.25, 0.3) is 11.1 Å². The summed E-state index contributed by atoms with van der Waals surface area (Å²) >= 11 is 10.7. The summed E-state index contributed by atoms with van der Waals surface area (Å²) in [7, 11) is 0. The van der Waals surface area contributed by atoms with Gasteiger partial charge in [0.15, 0.2) is 11.4 Å². The Bertz CT molecular complexity index is 1230. The number of thioether (sulfide) groups is 1. The minimum Gasteiger partial charge on any atom is -0.431 e. The van der Waals surface area contributed by atoms with Crippen molar-refractivity contribution in [3.05, 3.63) is 87.4 Å². The fraction of sp³-hybridized carbons (Fsp3) is 0.0455. The van der Waals surface area contributed by atoms with E-state index in [-0.39, 0.29) is 17.4 Å². The van der Waals surface area contributed by atoms with E-state index in [1.807, 2.05) is 24.3 Å². The SMILES string of the molecule is O=C(CSc1nc2ccccc2o1)Nc1ccc(Br)cc1C(=O)c1ccccc1Cl. The molecular formula is C22H14BrClN2O3S. The largest absolute Gasteiger partial charge is 0.431 e. The summed E-state index contributed by atoms with van der Waals surface area (Å²) in [5.41, 5.74) is 2.53. The molecule has 0 radical (unpaired) electrons. The average Bonchev–Trinajstić information content (AvgIpc) is 3.16. The van der Waals surface area contributed by atoms with E-state index in [0.717, 1.165) is 9.99 Å². The van der Waals surface area contributed by atoms with Crippen molar-refractivity contribution in [1.82, 2.24) is 4.98 Å². The molecule has 150 valence electrons. The van der Waals surface area contributed by atoms with E-state index in [1.54, 1.807) is 42.5 Å². The van der Waals surface area contributed by atoms with Crippen molar-refractivity contribution >= 4 is 67.8 Å². The molecule has 0 aliphatic rings. The lowest BCUT2D eigenvalue weighted by Crippen LogP contribution is -2.17. The number of carbonyl (C=O) groups excluding carboxylic acids is 2. The number of ketones is 1. The van der Waals surface area contributed by atoms with Crippen molar-refractivity contribution in [3.63, 3.8) is 0 Å². The third kappa shape index (κ3) is 4.59. The molecule has 0 saturated carbocycles. The van der Waals surface area contributed by atoms with Gasteiger partial charge < -0.3 is 9.73 Å². The van der Waals surface area contributed by atoms with E-state index in [0.29, 0.717) is 32.6 Å². The van der Waals surface area contributed by atoms with Crippen LogP contribution in [0.3, 0.4) is 0 Å². The zero-order valence-electron chi connectivity index (χ0n) is 15.4. The first-order valence-electron chi connectivity index (χ1n) is 8.88. The molecule has 0 aliphatic carbocycles. The number of amides is 1. The summed E-state index contributed by atoms with van der Waals surface area (Å²) < 4.78 is 6.33. The lowest BCUT2D eigenvalue weighted by atomic mass is 10.0. The first kappa shape index (κ1) is 20.7. The fourth-order valence-electron chi connectivity index (χ4n) is 2.83. The van der Waals surface area contributed by atoms with Crippen LogP contribution in [0.5, 0.6) is 0 Å². The minimum absolute atomic E-state index is 0.0859. The Balaban J connectivity index is 1.50. The molecule has 0 bridgehead atoms. The highest BCUT2D eigenvalue weighted by atomic mass is 79.9. The first-order chi connectivity index (χ1) is 14.5. The first-order valence-corrected chi connectivity index (χ1v) is 11.0. The van der Waals surface area contributed by atoms with Crippen LogP contribution in [0, 0.1) is 0 Å². The van der Waals surface area contributed by atoms with E-state index < -0.39 is 0 Å². The Morgan fingerprint density at radius 1 is 1.03 bits per heavy atom. The van der Waals surface area contributed by atoms with E-state index in [4.69, 9.17) is 16.0 Å². The monoisotopic (exact) mass is 500 g/mol. The van der Waals surface area contributed by atoms with Gasteiger partial charge in [-0.2, -0.15) is 0 Å². The predicted molar refractivity (Wildman–Crippen MR) is 122 cm³/mol. The molecule has 0 atom stereocenters. The smallest absolute Gasteiger partial charge is 0.257 e. The number of nitrogens with zero attached hydrogens (tertiary/aromatic N) is 1. The highest BCUT2D eigenvalue weighted by Crippen LogP contribution is 2.28. The van der Waals surface area contributed by atoms with Gasteiger partial charge in [0.05, 0.1) is 16.5 Å². The second kappa shape index (κ2) is 9.04. The molecular weight excluding hydrogens is 488 g/mol. The molecule has 4 aromatic rings. The van der Waals surface area contributed by atoms with Gasteiger partial charge in [0.2, 0.25) is 5.91 Å². The summed E-state index contributed by atoms with van der Waals surface area (Å²) in [6.45, 7) is 0. The van der Waals surface area contributed by atoms with E-state index in [2.05, 4.69) is 26.2 Å². The van der Waals surface area contributed by atoms with Gasteiger partial charge in [0.1, 0.15) is 5.52 Å². The van der Waals surface area contributed by atoms with Gasteiger partial charge in [-0.25, -0.2) is 4.98 Å². The zero-order valence-corrected chi connectivity index (χ0v) is 18.6. The van der Waals surface area contributed by atoms with Crippen LogP contribution >= 0.6 is 39.3 Å². The van der Waals surface area contributed by atoms with Crippen LogP contribution in [0.4, 0.5) is 5.69 Å². The number of benzene rings is 3. The molecule has 0 aliphatic heterocycles. The molecule has 4 rings (SSSR count). The van der Waals surface area contributed by atoms with Crippen LogP contribution < -0.4 is 5.32 Å². The highest BCUT2D eigenvalue weighted by Gasteiger charge is 2.18. The number of oxazole rings is 1. The van der Waals surface area contributed by atoms with Crippen molar-refractivity contribution in [1.29, 1.82) is 0 Å². The van der Waals surface area contributed by atoms with Gasteiger partial charge in [0.25, 0.3) is 5.22 Å². The maximum absolute atomic E-state index is 13.0. The van der Waals surface area contributed by atoms with E-state index in [9.17, 15) is 9.59 Å². The van der Waals surface area contributed by atoms with Gasteiger partial charge in [0, 0.05) is 15.6 Å². The van der Waals surface area contributed by atoms with Crippen molar-refractivity contribution < 1.29 is 14.0 Å². The fourth-order valence-corrected chi connectivity index (χ4v) is 4.05. The van der Waals surface area contributed by atoms with Crippen LogP contribution in [0.1, 0.15) is 15.9 Å². The second-order valence-electron chi connectivity index (χ2n) is 6.28. The molecule has 1 heterocycles. The molecule has 0 saturated heterocycles. The minimum atomic E-state index is -0.280. The van der Waals surface area contributed by atoms with Crippen molar-refractivity contribution in [2.75, 3.05) is 11.1 Å². The number of carbonyl (C=O) groups is 2. The Kier molecular flexibility index (Phi) is 6.22. The van der Waals surface area contributed by atoms with E-state index >= 15 is 0 Å². The standard InChI is InChI=1S/C22H14BrClN2O3S/c23-13-9-10-17(15(11-13)21(28)14-5-1-2-6-16(14)24)25-20(27)12-30-22-26-18-7-3-4-8-19(18)29-22/h1-11H,12H2,(H,25,27). The number of aromatic nitrogens is 1. The lowest BCUT2D eigenvalue weighted by Gasteiger charge is -2.11. The third-order valence-electron chi connectivity index (χ3n) is 4.22. The van der Waals surface area contributed by atoms with E-state index in [1.165, 1.54) is 11.8 Å². The summed E-state index contributed by atoms with van der Waals surface area (Å²) in [6.07, 6.45) is 0. The number of nitrogens with one attached hydrogen (secondary N) is 1. The van der Waals surface area contributed by atoms with Crippen LogP contribution in [0.15, 0.2) is 80.8 Å². The molecule has 0 spiro atoms. The van der Waals surface area contributed by atoms with Gasteiger partial charge in [-0.15, -0.1) is 0 Å². The molecule has 0 unspecified atom stereocenters. The van der Waals surface area contributed by atoms with Crippen LogP contribution in [0.2, 0.25) is 5.02 Å². The quantitative estimate of drug-likeness (QED) is 0.251. The van der Waals surface area contributed by atoms with Gasteiger partial charge in [-0.1, -0.05) is 63.6 Å². The Morgan fingerprint density at radius 3 is 2.60 bits per heavy atom. The molecule has 0 fully saturated rings. The number of hydrogen-bond donors (Lipinski definition) is 1. The normalized spacial score (nSPS) is 10.9. The number of para-hydroxylation sites is 2. The summed E-state index contributed by atoms with van der Waals surface area (Å²) in [5, 5.41) is 3.56. The van der Waals surface area contributed by atoms with Crippen molar-refractivity contribution in [2.45, 2.75) is 5.22 Å². The summed E-state index contributed by atoms with van der Waals surface area (Å²) in [5.74, 6) is -0.468. The second-order valence-corrected chi connectivity index (χ2v) is 8.53. The van der Waals surface area contributed by atoms with Gasteiger partial charge in [-0.3, -0.25) is 9.59 Å². The summed E-state index contributed by atoms with van der Waals surface area (Å²) in [4.78, 5) is 29.9. The van der Waals surface area contributed by atoms with Gasteiger partial charge >= 0.3 is 0 Å². The maximum Gasteiger partial charge on any atom is 0.257 e. The Hall–Kier alpha value is -2.61. The number of rotatable bonds is 6. The number of fused-ring (bicyclic) bond motifs is 1. The van der Waals surface area contributed by atoms with Crippen molar-refractivity contribution in [2.24, 2.45) is 0 Å². The molecule has 8 heteroatoms. The van der Waals surface area contributed by atoms with Crippen LogP contribution in [-0.4, -0.2) is 22.4 Å². The van der Waals surface area contributed by atoms with Crippen LogP contribution in [-0.2, 0) is 4.79 Å². The summed E-state index contributed by atoms with van der Waals surface area (Å²) in [6, 6.07) is 19.3. The lowest BCUT2D eigenvalue weighted by molar-refractivity contribution is -0.113. The maximum atomic E-state index is 13.0. The average molecular weight is 502 g/mol. The molecule has 5 nitrogen and oxygen atoms in total. The number of hydrogen-bond acceptors (Lipinski definition) is 5. The predicted octanol–water partition coefficient (Wildman–Crippen LogP) is 6.21. The number of halogens is 2. The number of anilines is 1. The molecule has 1 N–H and O–H groups in total. The Morgan fingerprint density at radius 2 is 1.80 bits per heavy atom. The molecule has 30 heavy (non-hydrogen) atoms. The highest BCUT2D eigenvalue weighted by molar-refractivity contribution is 9.10. The topological polar surface area (TPSA) is 72.2 Å². The third-order valence-corrected chi connectivity index (χ3v) is 5.87. The molecule has 1 aromatic heterocycles. The van der Waals surface area contributed by atoms with Gasteiger partial charge in [-0.05, 0) is 42.5 Å². The molecule has 3 aromatic carbocycles. The Labute approximate surface area is 190 Å². The zero-order chi connectivity index (χ0) is 21.1. The van der Waals surface area contributed by atoms with Crippen molar-refractivity contribution in [3.8, 4) is 0 Å².